The summed E-state index contributed by atoms with van der Waals surface area (Å²) in [7, 11) is 2.17. The molecule has 1 fully saturated rings. The molecule has 4 nitrogen and oxygen atoms in total. The van der Waals surface area contributed by atoms with Crippen molar-refractivity contribution in [2.45, 2.75) is 39.2 Å². The number of nitrogens with zero attached hydrogens (tertiary/aromatic N) is 1. The molecule has 0 spiro atoms. The molecule has 3 N–H and O–H groups in total. The molecule has 0 aromatic heterocycles. The van der Waals surface area contributed by atoms with E-state index in [0.29, 0.717) is 0 Å². The molecule has 0 saturated carbocycles. The van der Waals surface area contributed by atoms with Crippen LogP contribution in [0.3, 0.4) is 0 Å². The molecule has 1 aliphatic heterocycles. The second-order valence-corrected chi connectivity index (χ2v) is 5.47. The summed E-state index contributed by atoms with van der Waals surface area (Å²) in [4.78, 5) is 14.0. The molecule has 1 rings (SSSR count). The van der Waals surface area contributed by atoms with Crippen molar-refractivity contribution < 1.29 is 4.79 Å². The summed E-state index contributed by atoms with van der Waals surface area (Å²) in [5.41, 5.74) is 5.70. The summed E-state index contributed by atoms with van der Waals surface area (Å²) in [5, 5.41) is 2.99. The first-order chi connectivity index (χ1) is 8.00. The molecule has 1 heterocycles. The summed E-state index contributed by atoms with van der Waals surface area (Å²) in [6, 6.07) is -0.0710. The van der Waals surface area contributed by atoms with Crippen LogP contribution in [-0.2, 0) is 4.79 Å². The molecular formula is C13H27N3O. The van der Waals surface area contributed by atoms with Crippen molar-refractivity contribution >= 4 is 5.91 Å². The first-order valence-electron chi connectivity index (χ1n) is 6.72. The van der Waals surface area contributed by atoms with Gasteiger partial charge in [-0.15, -0.1) is 0 Å². The van der Waals surface area contributed by atoms with Gasteiger partial charge in [0.25, 0.3) is 0 Å². The lowest BCUT2D eigenvalue weighted by Gasteiger charge is -2.29. The van der Waals surface area contributed by atoms with Gasteiger partial charge in [0, 0.05) is 18.5 Å². The summed E-state index contributed by atoms with van der Waals surface area (Å²) >= 11 is 0. The van der Waals surface area contributed by atoms with Crippen molar-refractivity contribution in [1.82, 2.24) is 10.2 Å². The molecule has 0 aliphatic carbocycles. The molecule has 100 valence electrons. The Morgan fingerprint density at radius 3 is 2.53 bits per heavy atom. The second-order valence-electron chi connectivity index (χ2n) is 5.47. The van der Waals surface area contributed by atoms with Gasteiger partial charge < -0.3 is 16.0 Å². The fourth-order valence-corrected chi connectivity index (χ4v) is 2.15. The third-order valence-corrected chi connectivity index (χ3v) is 3.89. The van der Waals surface area contributed by atoms with Crippen molar-refractivity contribution in [3.63, 3.8) is 0 Å². The van der Waals surface area contributed by atoms with E-state index in [0.717, 1.165) is 18.9 Å². The first-order valence-corrected chi connectivity index (χ1v) is 6.72. The highest BCUT2D eigenvalue weighted by Gasteiger charge is 2.19. The van der Waals surface area contributed by atoms with Crippen molar-refractivity contribution in [2.75, 3.05) is 26.7 Å². The number of rotatable bonds is 5. The molecule has 2 atom stereocenters. The van der Waals surface area contributed by atoms with Gasteiger partial charge >= 0.3 is 0 Å². The maximum atomic E-state index is 11.7. The maximum absolute atomic E-state index is 11.7. The maximum Gasteiger partial charge on any atom is 0.224 e. The van der Waals surface area contributed by atoms with E-state index >= 15 is 0 Å². The van der Waals surface area contributed by atoms with Gasteiger partial charge in [-0.05, 0) is 52.2 Å². The van der Waals surface area contributed by atoms with Gasteiger partial charge in [-0.1, -0.05) is 6.92 Å². The zero-order valence-corrected chi connectivity index (χ0v) is 11.4. The normalized spacial score (nSPS) is 22.1. The Morgan fingerprint density at radius 2 is 2.00 bits per heavy atom. The van der Waals surface area contributed by atoms with Crippen LogP contribution in [0.25, 0.3) is 0 Å². The predicted octanol–water partition coefficient (Wildman–Crippen LogP) is 0.818. The minimum Gasteiger partial charge on any atom is -0.356 e. The average Bonchev–Trinajstić information content (AvgIpc) is 2.30. The predicted molar refractivity (Wildman–Crippen MR) is 70.7 cm³/mol. The van der Waals surface area contributed by atoms with Gasteiger partial charge in [0.15, 0.2) is 0 Å². The lowest BCUT2D eigenvalue weighted by atomic mass is 9.94. The Kier molecular flexibility index (Phi) is 5.92. The van der Waals surface area contributed by atoms with Crippen LogP contribution in [0.5, 0.6) is 0 Å². The van der Waals surface area contributed by atoms with Crippen LogP contribution in [0, 0.1) is 11.8 Å². The topological polar surface area (TPSA) is 58.4 Å². The van der Waals surface area contributed by atoms with Crippen LogP contribution in [-0.4, -0.2) is 43.5 Å². The number of hydrogen-bond donors (Lipinski definition) is 2. The molecule has 0 aromatic rings. The SMILES string of the molecule is CC(N)C(C)C(=O)NCCC1CCN(C)CC1. The zero-order chi connectivity index (χ0) is 12.8. The zero-order valence-electron chi connectivity index (χ0n) is 11.4. The molecule has 1 aliphatic rings. The van der Waals surface area contributed by atoms with Crippen molar-refractivity contribution in [3.05, 3.63) is 0 Å². The molecule has 2 unspecified atom stereocenters. The second kappa shape index (κ2) is 6.97. The standard InChI is InChI=1S/C13H27N3O/c1-10(11(2)14)13(17)15-7-4-12-5-8-16(3)9-6-12/h10-12H,4-9,14H2,1-3H3,(H,15,17). The van der Waals surface area contributed by atoms with Crippen molar-refractivity contribution in [3.8, 4) is 0 Å². The highest BCUT2D eigenvalue weighted by Crippen LogP contribution is 2.18. The molecule has 1 amide bonds. The van der Waals surface area contributed by atoms with Crippen LogP contribution in [0.4, 0.5) is 0 Å². The monoisotopic (exact) mass is 241 g/mol. The molecule has 4 heteroatoms. The quantitative estimate of drug-likeness (QED) is 0.749. The van der Waals surface area contributed by atoms with Crippen LogP contribution in [0.2, 0.25) is 0 Å². The summed E-state index contributed by atoms with van der Waals surface area (Å²) in [6.45, 7) is 6.94. The minimum absolute atomic E-state index is 0.0710. The van der Waals surface area contributed by atoms with Gasteiger partial charge in [-0.2, -0.15) is 0 Å². The molecule has 17 heavy (non-hydrogen) atoms. The lowest BCUT2D eigenvalue weighted by molar-refractivity contribution is -0.124. The van der Waals surface area contributed by atoms with Gasteiger partial charge in [0.1, 0.15) is 0 Å². The van der Waals surface area contributed by atoms with Gasteiger partial charge in [-0.3, -0.25) is 4.79 Å². The summed E-state index contributed by atoms with van der Waals surface area (Å²) in [6.07, 6.45) is 3.62. The number of amides is 1. The smallest absolute Gasteiger partial charge is 0.224 e. The van der Waals surface area contributed by atoms with Crippen molar-refractivity contribution in [1.29, 1.82) is 0 Å². The van der Waals surface area contributed by atoms with E-state index in [9.17, 15) is 4.79 Å². The Balaban J connectivity index is 2.13. The van der Waals surface area contributed by atoms with E-state index < -0.39 is 0 Å². The van der Waals surface area contributed by atoms with Crippen molar-refractivity contribution in [2.24, 2.45) is 17.6 Å². The Bertz CT molecular complexity index is 235. The van der Waals surface area contributed by atoms with Gasteiger partial charge in [-0.25, -0.2) is 0 Å². The van der Waals surface area contributed by atoms with Gasteiger partial charge in [0.05, 0.1) is 0 Å². The summed E-state index contributed by atoms with van der Waals surface area (Å²) < 4.78 is 0. The summed E-state index contributed by atoms with van der Waals surface area (Å²) in [5.74, 6) is 0.775. The third kappa shape index (κ3) is 5.04. The minimum atomic E-state index is -0.0903. The Morgan fingerprint density at radius 1 is 1.41 bits per heavy atom. The van der Waals surface area contributed by atoms with E-state index in [2.05, 4.69) is 17.3 Å². The van der Waals surface area contributed by atoms with Crippen LogP contribution in [0.1, 0.15) is 33.1 Å². The lowest BCUT2D eigenvalue weighted by Crippen LogP contribution is -2.39. The molecule has 0 radical (unpaired) electrons. The highest BCUT2D eigenvalue weighted by molar-refractivity contribution is 5.78. The Hall–Kier alpha value is -0.610. The largest absolute Gasteiger partial charge is 0.356 e. The first kappa shape index (κ1) is 14.5. The Labute approximate surface area is 105 Å². The molecule has 1 saturated heterocycles. The van der Waals surface area contributed by atoms with E-state index in [4.69, 9.17) is 5.73 Å². The highest BCUT2D eigenvalue weighted by atomic mass is 16.1. The number of carbonyl (C=O) groups is 1. The van der Waals surface area contributed by atoms with Crippen LogP contribution in [0.15, 0.2) is 0 Å². The number of hydrogen-bond acceptors (Lipinski definition) is 3. The van der Waals surface area contributed by atoms with E-state index in [1.54, 1.807) is 0 Å². The number of nitrogens with two attached hydrogens (primary N) is 1. The third-order valence-electron chi connectivity index (χ3n) is 3.89. The van der Waals surface area contributed by atoms with E-state index in [-0.39, 0.29) is 17.9 Å². The van der Waals surface area contributed by atoms with Crippen LogP contribution < -0.4 is 11.1 Å². The average molecular weight is 241 g/mol. The van der Waals surface area contributed by atoms with Gasteiger partial charge in [0.2, 0.25) is 5.91 Å². The fourth-order valence-electron chi connectivity index (χ4n) is 2.15. The number of likely N-dealkylation sites (tertiary alicyclic amines) is 1. The molecular weight excluding hydrogens is 214 g/mol. The molecule has 0 bridgehead atoms. The van der Waals surface area contributed by atoms with E-state index in [1.807, 2.05) is 13.8 Å². The van der Waals surface area contributed by atoms with E-state index in [1.165, 1.54) is 25.9 Å². The number of piperidine rings is 1. The molecule has 0 aromatic carbocycles. The van der Waals surface area contributed by atoms with Crippen LogP contribution >= 0.6 is 0 Å². The number of carbonyl (C=O) groups excluding carboxylic acids is 1. The fraction of sp³-hybridized carbons (Fsp3) is 0.923. The number of nitrogens with one attached hydrogen (secondary N) is 1.